The summed E-state index contributed by atoms with van der Waals surface area (Å²) in [6.45, 7) is 0.0859. The minimum atomic E-state index is -1.36. The molecule has 2 amide bonds. The third-order valence-electron chi connectivity index (χ3n) is 5.47. The van der Waals surface area contributed by atoms with Crippen LogP contribution < -0.4 is 10.6 Å². The number of nitrogens with one attached hydrogen (secondary N) is 2. The normalized spacial score (nSPS) is 11.9. The molecule has 7 nitrogen and oxygen atoms in total. The summed E-state index contributed by atoms with van der Waals surface area (Å²) in [5, 5.41) is 13.9. The fourth-order valence-electron chi connectivity index (χ4n) is 3.96. The molecule has 3 aromatic rings. The second-order valence-corrected chi connectivity index (χ2v) is 7.52. The predicted octanol–water partition coefficient (Wildman–Crippen LogP) is 4.39. The van der Waals surface area contributed by atoms with Gasteiger partial charge in [-0.05, 0) is 34.4 Å². The number of hydrogen-bond acceptors (Lipinski definition) is 4. The van der Waals surface area contributed by atoms with Gasteiger partial charge in [0.25, 0.3) is 0 Å². The van der Waals surface area contributed by atoms with Crippen LogP contribution in [0.3, 0.4) is 0 Å². The van der Waals surface area contributed by atoms with E-state index in [2.05, 4.69) is 10.6 Å². The SMILES string of the molecule is O=C(CCNC(=O)OCC1c2ccccc2-c2ccccc21)Nc1c(F)cccc1C(=O)O. The minimum Gasteiger partial charge on any atom is -0.478 e. The Morgan fingerprint density at radius 2 is 1.55 bits per heavy atom. The van der Waals surface area contributed by atoms with Gasteiger partial charge in [0.2, 0.25) is 5.91 Å². The van der Waals surface area contributed by atoms with Crippen LogP contribution in [0.5, 0.6) is 0 Å². The van der Waals surface area contributed by atoms with Gasteiger partial charge < -0.3 is 20.5 Å². The smallest absolute Gasteiger partial charge is 0.407 e. The van der Waals surface area contributed by atoms with Crippen molar-refractivity contribution in [1.29, 1.82) is 0 Å². The molecule has 0 aromatic heterocycles. The average molecular weight is 448 g/mol. The van der Waals surface area contributed by atoms with Gasteiger partial charge in [0.1, 0.15) is 12.4 Å². The number of benzene rings is 3. The van der Waals surface area contributed by atoms with Gasteiger partial charge in [-0.3, -0.25) is 4.79 Å². The first-order valence-electron chi connectivity index (χ1n) is 10.4. The highest BCUT2D eigenvalue weighted by Gasteiger charge is 2.29. The summed E-state index contributed by atoms with van der Waals surface area (Å²) in [6, 6.07) is 19.4. The zero-order valence-corrected chi connectivity index (χ0v) is 17.5. The molecule has 33 heavy (non-hydrogen) atoms. The van der Waals surface area contributed by atoms with Gasteiger partial charge in [-0.15, -0.1) is 0 Å². The van der Waals surface area contributed by atoms with Crippen LogP contribution in [0.4, 0.5) is 14.9 Å². The number of carbonyl (C=O) groups is 3. The van der Waals surface area contributed by atoms with Gasteiger partial charge in [-0.25, -0.2) is 14.0 Å². The monoisotopic (exact) mass is 448 g/mol. The highest BCUT2D eigenvalue weighted by atomic mass is 19.1. The van der Waals surface area contributed by atoms with Gasteiger partial charge in [0, 0.05) is 18.9 Å². The van der Waals surface area contributed by atoms with Crippen molar-refractivity contribution < 1.29 is 28.6 Å². The van der Waals surface area contributed by atoms with E-state index < -0.39 is 29.5 Å². The molecule has 168 valence electrons. The molecular weight excluding hydrogens is 427 g/mol. The van der Waals surface area contributed by atoms with Crippen molar-refractivity contribution >= 4 is 23.7 Å². The maximum atomic E-state index is 13.9. The number of carboxylic acid groups (broad SMARTS) is 1. The molecule has 0 unspecified atom stereocenters. The highest BCUT2D eigenvalue weighted by molar-refractivity contribution is 6.00. The standard InChI is InChI=1S/C25H21FN2O5/c26-21-11-5-10-19(24(30)31)23(21)28-22(29)12-13-27-25(32)33-14-20-17-8-3-1-6-15(17)16-7-2-4-9-18(16)20/h1-11,20H,12-14H2,(H,27,32)(H,28,29)(H,30,31). The first-order chi connectivity index (χ1) is 16.0. The second kappa shape index (κ2) is 9.52. The van der Waals surface area contributed by atoms with Crippen LogP contribution in [-0.2, 0) is 9.53 Å². The summed E-state index contributed by atoms with van der Waals surface area (Å²) in [5.74, 6) is -2.93. The third kappa shape index (κ3) is 4.69. The zero-order chi connectivity index (χ0) is 23.4. The van der Waals surface area contributed by atoms with Crippen molar-refractivity contribution in [2.75, 3.05) is 18.5 Å². The Morgan fingerprint density at radius 1 is 0.909 bits per heavy atom. The Hall–Kier alpha value is -4.20. The van der Waals surface area contributed by atoms with Gasteiger partial charge in [-0.2, -0.15) is 0 Å². The van der Waals surface area contributed by atoms with Crippen molar-refractivity contribution in [3.63, 3.8) is 0 Å². The largest absolute Gasteiger partial charge is 0.478 e. The van der Waals surface area contributed by atoms with E-state index in [4.69, 9.17) is 9.84 Å². The number of anilines is 1. The van der Waals surface area contributed by atoms with E-state index >= 15 is 0 Å². The number of rotatable bonds is 7. The number of alkyl carbamates (subject to hydrolysis) is 1. The molecule has 0 spiro atoms. The van der Waals surface area contributed by atoms with Crippen LogP contribution in [0.25, 0.3) is 11.1 Å². The summed E-state index contributed by atoms with van der Waals surface area (Å²) >= 11 is 0. The van der Waals surface area contributed by atoms with E-state index in [1.807, 2.05) is 48.5 Å². The summed E-state index contributed by atoms with van der Waals surface area (Å²) in [6.07, 6.45) is -0.862. The van der Waals surface area contributed by atoms with Crippen molar-refractivity contribution in [2.45, 2.75) is 12.3 Å². The predicted molar refractivity (Wildman–Crippen MR) is 120 cm³/mol. The van der Waals surface area contributed by atoms with Crippen LogP contribution in [0.1, 0.15) is 33.8 Å². The molecule has 3 aromatic carbocycles. The van der Waals surface area contributed by atoms with Crippen LogP contribution in [0, 0.1) is 5.82 Å². The fraction of sp³-hybridized carbons (Fsp3) is 0.160. The highest BCUT2D eigenvalue weighted by Crippen LogP contribution is 2.44. The molecule has 0 saturated heterocycles. The summed E-state index contributed by atoms with van der Waals surface area (Å²) in [4.78, 5) is 35.5. The Labute approximate surface area is 189 Å². The minimum absolute atomic E-state index is 0.0562. The molecule has 0 saturated carbocycles. The summed E-state index contributed by atoms with van der Waals surface area (Å²) < 4.78 is 19.3. The molecule has 1 aliphatic carbocycles. The molecule has 1 aliphatic rings. The lowest BCUT2D eigenvalue weighted by Gasteiger charge is -2.14. The van der Waals surface area contributed by atoms with Crippen molar-refractivity contribution in [3.8, 4) is 11.1 Å². The molecular formula is C25H21FN2O5. The number of halogens is 1. The number of hydrogen-bond donors (Lipinski definition) is 3. The Balaban J connectivity index is 1.29. The Bertz CT molecular complexity index is 1180. The first-order valence-corrected chi connectivity index (χ1v) is 10.4. The molecule has 3 N–H and O–H groups in total. The van der Waals surface area contributed by atoms with Crippen molar-refractivity contribution in [1.82, 2.24) is 5.32 Å². The van der Waals surface area contributed by atoms with Gasteiger partial charge in [-0.1, -0.05) is 54.6 Å². The molecule has 0 heterocycles. The van der Waals surface area contributed by atoms with E-state index in [1.54, 1.807) is 0 Å². The average Bonchev–Trinajstić information content (AvgIpc) is 3.12. The number of carboxylic acids is 1. The molecule has 4 rings (SSSR count). The number of aromatic carboxylic acids is 1. The molecule has 0 fully saturated rings. The number of para-hydroxylation sites is 1. The Morgan fingerprint density at radius 3 is 2.18 bits per heavy atom. The first kappa shape index (κ1) is 22.0. The van der Waals surface area contributed by atoms with Crippen molar-refractivity contribution in [2.24, 2.45) is 0 Å². The maximum Gasteiger partial charge on any atom is 0.407 e. The van der Waals surface area contributed by atoms with E-state index in [0.717, 1.165) is 28.3 Å². The number of amides is 2. The van der Waals surface area contributed by atoms with Crippen molar-refractivity contribution in [3.05, 3.63) is 89.2 Å². The second-order valence-electron chi connectivity index (χ2n) is 7.52. The number of fused-ring (bicyclic) bond motifs is 3. The summed E-state index contributed by atoms with van der Waals surface area (Å²) in [5.41, 5.74) is 3.65. The fourth-order valence-corrected chi connectivity index (χ4v) is 3.96. The van der Waals surface area contributed by atoms with Gasteiger partial charge in [0.15, 0.2) is 0 Å². The van der Waals surface area contributed by atoms with Crippen LogP contribution in [0.2, 0.25) is 0 Å². The summed E-state index contributed by atoms with van der Waals surface area (Å²) in [7, 11) is 0. The lowest BCUT2D eigenvalue weighted by molar-refractivity contribution is -0.116. The van der Waals surface area contributed by atoms with Crippen LogP contribution in [0.15, 0.2) is 66.7 Å². The third-order valence-corrected chi connectivity index (χ3v) is 5.47. The van der Waals surface area contributed by atoms with E-state index in [-0.39, 0.29) is 31.1 Å². The molecule has 0 radical (unpaired) electrons. The van der Waals surface area contributed by atoms with Gasteiger partial charge >= 0.3 is 12.1 Å². The molecule has 0 atom stereocenters. The quantitative estimate of drug-likeness (QED) is 0.497. The lowest BCUT2D eigenvalue weighted by Crippen LogP contribution is -2.29. The topological polar surface area (TPSA) is 105 Å². The van der Waals surface area contributed by atoms with E-state index in [9.17, 15) is 18.8 Å². The van der Waals surface area contributed by atoms with E-state index in [0.29, 0.717) is 0 Å². The van der Waals surface area contributed by atoms with Crippen LogP contribution >= 0.6 is 0 Å². The molecule has 0 aliphatic heterocycles. The van der Waals surface area contributed by atoms with Crippen LogP contribution in [-0.4, -0.2) is 36.2 Å². The lowest BCUT2D eigenvalue weighted by atomic mass is 9.98. The molecule has 8 heteroatoms. The van der Waals surface area contributed by atoms with Gasteiger partial charge in [0.05, 0.1) is 11.3 Å². The van der Waals surface area contributed by atoms with E-state index in [1.165, 1.54) is 12.1 Å². The number of carbonyl (C=O) groups excluding carboxylic acids is 2. The maximum absolute atomic E-state index is 13.9. The molecule has 0 bridgehead atoms. The number of ether oxygens (including phenoxy) is 1. The zero-order valence-electron chi connectivity index (χ0n) is 17.5. The Kier molecular flexibility index (Phi) is 6.35.